The van der Waals surface area contributed by atoms with Crippen molar-refractivity contribution >= 4 is 23.1 Å². The van der Waals surface area contributed by atoms with Gasteiger partial charge in [0.25, 0.3) is 0 Å². The lowest BCUT2D eigenvalue weighted by Gasteiger charge is -1.97. The fourth-order valence-corrected chi connectivity index (χ4v) is 3.60. The number of hydrogen-bond donors (Lipinski definition) is 0. The van der Waals surface area contributed by atoms with Gasteiger partial charge in [0.1, 0.15) is 5.01 Å². The Morgan fingerprint density at radius 3 is 2.68 bits per heavy atom. The van der Waals surface area contributed by atoms with Crippen molar-refractivity contribution in [2.24, 2.45) is 0 Å². The maximum Gasteiger partial charge on any atom is 0.125 e. The highest BCUT2D eigenvalue weighted by molar-refractivity contribution is 8.00. The lowest BCUT2D eigenvalue weighted by atomic mass is 10.2. The highest BCUT2D eigenvalue weighted by atomic mass is 32.2. The number of thiazole rings is 1. The standard InChI is InChI=1S/C15H12N2S2/c1-2-5-12(6-3-1)11-18-14-10-17-15(19-14)13-7-4-8-16-9-13/h1-10H,11H2. The van der Waals surface area contributed by atoms with E-state index >= 15 is 0 Å². The van der Waals surface area contributed by atoms with Crippen LogP contribution in [0.5, 0.6) is 0 Å². The predicted molar refractivity (Wildman–Crippen MR) is 81.3 cm³/mol. The summed E-state index contributed by atoms with van der Waals surface area (Å²) in [5.74, 6) is 0.982. The summed E-state index contributed by atoms with van der Waals surface area (Å²) >= 11 is 3.54. The predicted octanol–water partition coefficient (Wildman–Crippen LogP) is 4.50. The maximum absolute atomic E-state index is 4.46. The van der Waals surface area contributed by atoms with Crippen LogP contribution in [0.4, 0.5) is 0 Å². The minimum Gasteiger partial charge on any atom is -0.264 e. The highest BCUT2D eigenvalue weighted by Gasteiger charge is 2.05. The van der Waals surface area contributed by atoms with E-state index in [-0.39, 0.29) is 0 Å². The molecule has 0 N–H and O–H groups in total. The summed E-state index contributed by atoms with van der Waals surface area (Å²) in [6, 6.07) is 14.5. The molecule has 2 nitrogen and oxygen atoms in total. The van der Waals surface area contributed by atoms with Crippen LogP contribution >= 0.6 is 23.1 Å². The van der Waals surface area contributed by atoms with E-state index in [1.165, 1.54) is 9.77 Å². The zero-order valence-corrected chi connectivity index (χ0v) is 11.8. The first kappa shape index (κ1) is 12.4. The van der Waals surface area contributed by atoms with Crippen molar-refractivity contribution in [3.8, 4) is 10.6 Å². The van der Waals surface area contributed by atoms with E-state index in [0.717, 1.165) is 16.3 Å². The van der Waals surface area contributed by atoms with Crippen molar-refractivity contribution in [2.75, 3.05) is 0 Å². The molecule has 0 aliphatic heterocycles. The van der Waals surface area contributed by atoms with Gasteiger partial charge in [0.2, 0.25) is 0 Å². The quantitative estimate of drug-likeness (QED) is 0.660. The van der Waals surface area contributed by atoms with Gasteiger partial charge in [-0.05, 0) is 17.7 Å². The Kier molecular flexibility index (Phi) is 3.91. The monoisotopic (exact) mass is 284 g/mol. The van der Waals surface area contributed by atoms with Gasteiger partial charge in [0.15, 0.2) is 0 Å². The molecule has 0 saturated carbocycles. The Labute approximate surface area is 120 Å². The van der Waals surface area contributed by atoms with Crippen molar-refractivity contribution in [2.45, 2.75) is 9.96 Å². The van der Waals surface area contributed by atoms with Crippen LogP contribution in [0.15, 0.2) is 65.3 Å². The van der Waals surface area contributed by atoms with Crippen LogP contribution in [0, 0.1) is 0 Å². The first-order valence-corrected chi connectivity index (χ1v) is 7.75. The van der Waals surface area contributed by atoms with E-state index in [2.05, 4.69) is 34.2 Å². The Hall–Kier alpha value is -1.65. The number of nitrogens with zero attached hydrogens (tertiary/aromatic N) is 2. The summed E-state index contributed by atoms with van der Waals surface area (Å²) in [4.78, 5) is 8.58. The molecule has 94 valence electrons. The first-order chi connectivity index (χ1) is 9.42. The average Bonchev–Trinajstić information content (AvgIpc) is 2.96. The lowest BCUT2D eigenvalue weighted by molar-refractivity contribution is 1.30. The molecule has 4 heteroatoms. The van der Waals surface area contributed by atoms with Crippen LogP contribution in [-0.2, 0) is 5.75 Å². The van der Waals surface area contributed by atoms with Gasteiger partial charge in [-0.3, -0.25) is 4.98 Å². The molecule has 0 radical (unpaired) electrons. The number of hydrogen-bond acceptors (Lipinski definition) is 4. The zero-order valence-electron chi connectivity index (χ0n) is 10.2. The van der Waals surface area contributed by atoms with Gasteiger partial charge < -0.3 is 0 Å². The molecule has 0 spiro atoms. The Morgan fingerprint density at radius 2 is 1.89 bits per heavy atom. The molecule has 0 amide bonds. The van der Waals surface area contributed by atoms with E-state index in [0.29, 0.717) is 0 Å². The normalized spacial score (nSPS) is 10.5. The molecular formula is C15H12N2S2. The van der Waals surface area contributed by atoms with E-state index in [4.69, 9.17) is 0 Å². The molecule has 1 aromatic carbocycles. The van der Waals surface area contributed by atoms with Gasteiger partial charge in [0, 0.05) is 23.7 Å². The second-order valence-electron chi connectivity index (χ2n) is 4.00. The van der Waals surface area contributed by atoms with E-state index in [1.54, 1.807) is 17.5 Å². The van der Waals surface area contributed by atoms with Crippen LogP contribution in [0.2, 0.25) is 0 Å². The molecule has 0 atom stereocenters. The number of pyridine rings is 1. The topological polar surface area (TPSA) is 25.8 Å². The third-order valence-corrected chi connectivity index (χ3v) is 4.93. The second-order valence-corrected chi connectivity index (χ2v) is 6.31. The first-order valence-electron chi connectivity index (χ1n) is 5.95. The molecule has 3 rings (SSSR count). The molecule has 0 aliphatic carbocycles. The summed E-state index contributed by atoms with van der Waals surface area (Å²) in [7, 11) is 0. The fourth-order valence-electron chi connectivity index (χ4n) is 1.68. The van der Waals surface area contributed by atoms with E-state index in [9.17, 15) is 0 Å². The van der Waals surface area contributed by atoms with Gasteiger partial charge in [0.05, 0.1) is 10.4 Å². The fraction of sp³-hybridized carbons (Fsp3) is 0.0667. The molecule has 0 unspecified atom stereocenters. The lowest BCUT2D eigenvalue weighted by Crippen LogP contribution is -1.76. The summed E-state index contributed by atoms with van der Waals surface area (Å²) in [6.07, 6.45) is 5.58. The third-order valence-electron chi connectivity index (χ3n) is 2.62. The largest absolute Gasteiger partial charge is 0.264 e. The van der Waals surface area contributed by atoms with E-state index in [1.807, 2.05) is 42.4 Å². The average molecular weight is 284 g/mol. The van der Waals surface area contributed by atoms with Crippen LogP contribution in [-0.4, -0.2) is 9.97 Å². The van der Waals surface area contributed by atoms with Crippen molar-refractivity contribution in [3.63, 3.8) is 0 Å². The van der Waals surface area contributed by atoms with Gasteiger partial charge in [-0.1, -0.05) is 30.3 Å². The molecule has 0 aliphatic rings. The smallest absolute Gasteiger partial charge is 0.125 e. The number of thioether (sulfide) groups is 1. The molecule has 0 saturated heterocycles. The van der Waals surface area contributed by atoms with Gasteiger partial charge in [-0.15, -0.1) is 23.1 Å². The number of aromatic nitrogens is 2. The van der Waals surface area contributed by atoms with Crippen LogP contribution < -0.4 is 0 Å². The Bertz CT molecular complexity index is 636. The maximum atomic E-state index is 4.46. The minimum absolute atomic E-state index is 0.982. The number of benzene rings is 1. The van der Waals surface area contributed by atoms with Crippen LogP contribution in [0.25, 0.3) is 10.6 Å². The minimum atomic E-state index is 0.982. The van der Waals surface area contributed by atoms with E-state index < -0.39 is 0 Å². The summed E-state index contributed by atoms with van der Waals surface area (Å²) in [5, 5.41) is 1.03. The second kappa shape index (κ2) is 5.99. The summed E-state index contributed by atoms with van der Waals surface area (Å²) < 4.78 is 1.24. The van der Waals surface area contributed by atoms with Gasteiger partial charge in [-0.25, -0.2) is 4.98 Å². The van der Waals surface area contributed by atoms with Crippen molar-refractivity contribution in [1.82, 2.24) is 9.97 Å². The molecular weight excluding hydrogens is 272 g/mol. The highest BCUT2D eigenvalue weighted by Crippen LogP contribution is 2.32. The third kappa shape index (κ3) is 3.22. The number of rotatable bonds is 4. The summed E-state index contributed by atoms with van der Waals surface area (Å²) in [5.41, 5.74) is 2.42. The molecule has 0 bridgehead atoms. The summed E-state index contributed by atoms with van der Waals surface area (Å²) in [6.45, 7) is 0. The molecule has 19 heavy (non-hydrogen) atoms. The zero-order chi connectivity index (χ0) is 12.9. The van der Waals surface area contributed by atoms with Crippen LogP contribution in [0.3, 0.4) is 0 Å². The SMILES string of the molecule is c1ccc(CSc2cnc(-c3cccnc3)s2)cc1. The Morgan fingerprint density at radius 1 is 1.00 bits per heavy atom. The molecule has 3 aromatic rings. The van der Waals surface area contributed by atoms with Crippen molar-refractivity contribution < 1.29 is 0 Å². The van der Waals surface area contributed by atoms with Gasteiger partial charge >= 0.3 is 0 Å². The molecule has 2 aromatic heterocycles. The molecule has 0 fully saturated rings. The van der Waals surface area contributed by atoms with Crippen LogP contribution in [0.1, 0.15) is 5.56 Å². The molecule has 2 heterocycles. The van der Waals surface area contributed by atoms with Crippen molar-refractivity contribution in [3.05, 3.63) is 66.6 Å². The van der Waals surface area contributed by atoms with Crippen molar-refractivity contribution in [1.29, 1.82) is 0 Å². The Balaban J connectivity index is 1.69. The van der Waals surface area contributed by atoms with Gasteiger partial charge in [-0.2, -0.15) is 0 Å².